The molecule has 7 nitrogen and oxygen atoms in total. The Morgan fingerprint density at radius 3 is 2.77 bits per heavy atom. The second kappa shape index (κ2) is 8.40. The summed E-state index contributed by atoms with van der Waals surface area (Å²) in [5, 5.41) is 10.5. The summed E-state index contributed by atoms with van der Waals surface area (Å²) >= 11 is 1.27. The number of rotatable bonds is 4. The Balaban J connectivity index is 1.65. The fourth-order valence-electron chi connectivity index (χ4n) is 4.44. The summed E-state index contributed by atoms with van der Waals surface area (Å²) in [6, 6.07) is 5.83. The molecule has 2 atom stereocenters. The van der Waals surface area contributed by atoms with E-state index in [0.29, 0.717) is 55.5 Å². The highest BCUT2D eigenvalue weighted by atomic mass is 32.2. The predicted molar refractivity (Wildman–Crippen MR) is 113 cm³/mol. The van der Waals surface area contributed by atoms with E-state index in [0.717, 1.165) is 5.71 Å². The molecule has 3 aliphatic rings. The molecule has 158 valence electrons. The average molecular weight is 428 g/mol. The second-order valence-electron chi connectivity index (χ2n) is 8.67. The van der Waals surface area contributed by atoms with E-state index in [1.807, 2.05) is 0 Å². The molecule has 1 aliphatic carbocycles. The number of allylic oxidation sites excluding steroid dienone is 1. The molecule has 1 saturated carbocycles. The predicted octanol–water partition coefficient (Wildman–Crippen LogP) is 3.15. The monoisotopic (exact) mass is 427 g/mol. The molecule has 2 fully saturated rings. The molecular formula is C22H25N3O4S. The molecule has 1 saturated heterocycles. The normalized spacial score (nSPS) is 26.1. The average Bonchev–Trinajstić information content (AvgIpc) is 3.25. The molecule has 8 heteroatoms. The lowest BCUT2D eigenvalue weighted by Gasteiger charge is -2.39. The first-order chi connectivity index (χ1) is 14.4. The van der Waals surface area contributed by atoms with Crippen molar-refractivity contribution < 1.29 is 18.7 Å². The first-order valence-electron chi connectivity index (χ1n) is 10.2. The van der Waals surface area contributed by atoms with Crippen LogP contribution in [0.3, 0.4) is 0 Å². The first kappa shape index (κ1) is 20.9. The van der Waals surface area contributed by atoms with E-state index >= 15 is 0 Å². The number of carbonyl (C=O) groups is 2. The Hall–Kier alpha value is -2.37. The molecular weight excluding hydrogens is 402 g/mol. The standard InChI is InChI=1S/C22H25N3O4S/c1-22(2)10-15-20(16(26)11-22)19(17-4-3-7-29-17)14(12-23)21(24-15)30-13-18(27)25-5-8-28-9-6-25/h3-4,7,19-20H,5-6,8-11,13H2,1-2H3/t19-,20?/m1/s1. The van der Waals surface area contributed by atoms with Gasteiger partial charge in [0.25, 0.3) is 0 Å². The van der Waals surface area contributed by atoms with E-state index in [4.69, 9.17) is 14.1 Å². The van der Waals surface area contributed by atoms with Crippen LogP contribution in [0.1, 0.15) is 38.4 Å². The van der Waals surface area contributed by atoms with Crippen molar-refractivity contribution >= 4 is 29.2 Å². The molecule has 1 unspecified atom stereocenters. The summed E-state index contributed by atoms with van der Waals surface area (Å²) in [6.07, 6.45) is 2.69. The van der Waals surface area contributed by atoms with E-state index < -0.39 is 11.8 Å². The van der Waals surface area contributed by atoms with Gasteiger partial charge >= 0.3 is 0 Å². The summed E-state index contributed by atoms with van der Waals surface area (Å²) < 4.78 is 10.9. The lowest BCUT2D eigenvalue weighted by atomic mass is 9.65. The van der Waals surface area contributed by atoms with E-state index in [-0.39, 0.29) is 22.9 Å². The number of carbonyl (C=O) groups excluding carboxylic acids is 2. The van der Waals surface area contributed by atoms with Gasteiger partial charge in [0, 0.05) is 25.2 Å². The number of hydrogen-bond donors (Lipinski definition) is 0. The van der Waals surface area contributed by atoms with Crippen LogP contribution >= 0.6 is 11.8 Å². The first-order valence-corrected chi connectivity index (χ1v) is 11.1. The minimum Gasteiger partial charge on any atom is -0.469 e. The van der Waals surface area contributed by atoms with Crippen LogP contribution in [0.25, 0.3) is 0 Å². The number of Topliss-reactive ketones (excluding diaryl/α,β-unsaturated/α-hetero) is 1. The van der Waals surface area contributed by atoms with Gasteiger partial charge in [0.05, 0.1) is 48.7 Å². The highest BCUT2D eigenvalue weighted by molar-refractivity contribution is 8.03. The molecule has 1 aromatic rings. The summed E-state index contributed by atoms with van der Waals surface area (Å²) in [4.78, 5) is 32.2. The minimum atomic E-state index is -0.484. The third-order valence-corrected chi connectivity index (χ3v) is 6.78. The van der Waals surface area contributed by atoms with Crippen molar-refractivity contribution in [3.05, 3.63) is 34.8 Å². The number of ether oxygens (including phenoxy) is 1. The van der Waals surface area contributed by atoms with E-state index in [1.165, 1.54) is 11.8 Å². The molecule has 0 radical (unpaired) electrons. The fourth-order valence-corrected chi connectivity index (χ4v) is 5.40. The van der Waals surface area contributed by atoms with Crippen LogP contribution in [-0.4, -0.2) is 54.4 Å². The van der Waals surface area contributed by atoms with Crippen LogP contribution in [0.5, 0.6) is 0 Å². The smallest absolute Gasteiger partial charge is 0.233 e. The van der Waals surface area contributed by atoms with Crippen LogP contribution in [0.4, 0.5) is 0 Å². The molecule has 2 aliphatic heterocycles. The van der Waals surface area contributed by atoms with Crippen LogP contribution in [0, 0.1) is 22.7 Å². The van der Waals surface area contributed by atoms with Gasteiger partial charge in [-0.25, -0.2) is 4.99 Å². The van der Waals surface area contributed by atoms with Crippen LogP contribution < -0.4 is 0 Å². The van der Waals surface area contributed by atoms with Gasteiger partial charge in [-0.2, -0.15) is 5.26 Å². The minimum absolute atomic E-state index is 0.00464. The largest absolute Gasteiger partial charge is 0.469 e. The molecule has 0 aromatic carbocycles. The topological polar surface area (TPSA) is 95.9 Å². The highest BCUT2D eigenvalue weighted by Crippen LogP contribution is 2.48. The number of amides is 1. The number of aliphatic imine (C=N–C) groups is 1. The quantitative estimate of drug-likeness (QED) is 0.732. The van der Waals surface area contributed by atoms with Crippen molar-refractivity contribution in [2.24, 2.45) is 16.3 Å². The maximum Gasteiger partial charge on any atom is 0.233 e. The van der Waals surface area contributed by atoms with Gasteiger partial charge in [-0.1, -0.05) is 25.6 Å². The highest BCUT2D eigenvalue weighted by Gasteiger charge is 2.47. The van der Waals surface area contributed by atoms with Crippen molar-refractivity contribution in [1.82, 2.24) is 4.90 Å². The Kier molecular flexibility index (Phi) is 5.85. The number of nitrogens with zero attached hydrogens (tertiary/aromatic N) is 3. The molecule has 30 heavy (non-hydrogen) atoms. The SMILES string of the molecule is CC1(C)CC(=O)C2C(=NC(SCC(=O)N3CCOCC3)=C(C#N)[C@@H]2c2ccco2)C1. The van der Waals surface area contributed by atoms with Gasteiger partial charge in [-0.05, 0) is 24.0 Å². The van der Waals surface area contributed by atoms with Crippen LogP contribution in [0.15, 0.2) is 38.4 Å². The number of morpholine rings is 1. The number of hydrogen-bond acceptors (Lipinski definition) is 7. The fraction of sp³-hybridized carbons (Fsp3) is 0.545. The zero-order valence-corrected chi connectivity index (χ0v) is 18.0. The Morgan fingerprint density at radius 2 is 2.10 bits per heavy atom. The van der Waals surface area contributed by atoms with E-state index in [1.54, 1.807) is 23.3 Å². The molecule has 3 heterocycles. The van der Waals surface area contributed by atoms with Crippen LogP contribution in [0.2, 0.25) is 0 Å². The zero-order chi connectivity index (χ0) is 21.3. The van der Waals surface area contributed by atoms with Gasteiger partial charge < -0.3 is 14.1 Å². The maximum absolute atomic E-state index is 13.1. The molecule has 4 rings (SSSR count). The van der Waals surface area contributed by atoms with E-state index in [2.05, 4.69) is 19.9 Å². The van der Waals surface area contributed by atoms with Gasteiger partial charge in [0.15, 0.2) is 0 Å². The van der Waals surface area contributed by atoms with Crippen molar-refractivity contribution in [3.8, 4) is 6.07 Å². The number of thioether (sulfide) groups is 1. The maximum atomic E-state index is 13.1. The molecule has 1 aromatic heterocycles. The number of ketones is 1. The Labute approximate surface area is 180 Å². The summed E-state index contributed by atoms with van der Waals surface area (Å²) in [7, 11) is 0. The third-order valence-electron chi connectivity index (χ3n) is 5.80. The Bertz CT molecular complexity index is 936. The summed E-state index contributed by atoms with van der Waals surface area (Å²) in [6.45, 7) is 6.37. The molecule has 0 bridgehead atoms. The lowest BCUT2D eigenvalue weighted by molar-refractivity contribution is -0.132. The summed E-state index contributed by atoms with van der Waals surface area (Å²) in [5.74, 6) is -0.0723. The van der Waals surface area contributed by atoms with Crippen molar-refractivity contribution in [3.63, 3.8) is 0 Å². The van der Waals surface area contributed by atoms with Gasteiger partial charge in [-0.15, -0.1) is 0 Å². The van der Waals surface area contributed by atoms with Gasteiger partial charge in [0.2, 0.25) is 5.91 Å². The second-order valence-corrected chi connectivity index (χ2v) is 9.63. The number of furan rings is 1. The van der Waals surface area contributed by atoms with Gasteiger partial charge in [0.1, 0.15) is 16.6 Å². The van der Waals surface area contributed by atoms with E-state index in [9.17, 15) is 14.9 Å². The number of nitriles is 1. The molecule has 0 N–H and O–H groups in total. The van der Waals surface area contributed by atoms with Crippen molar-refractivity contribution in [1.29, 1.82) is 5.26 Å². The van der Waals surface area contributed by atoms with Crippen LogP contribution in [-0.2, 0) is 14.3 Å². The van der Waals surface area contributed by atoms with Crippen molar-refractivity contribution in [2.75, 3.05) is 32.1 Å². The molecule has 1 amide bonds. The lowest BCUT2D eigenvalue weighted by Crippen LogP contribution is -2.43. The van der Waals surface area contributed by atoms with Gasteiger partial charge in [-0.3, -0.25) is 9.59 Å². The third kappa shape index (κ3) is 4.09. The number of fused-ring (bicyclic) bond motifs is 1. The Morgan fingerprint density at radius 1 is 1.33 bits per heavy atom. The zero-order valence-electron chi connectivity index (χ0n) is 17.2. The molecule has 0 spiro atoms. The van der Waals surface area contributed by atoms with Crippen molar-refractivity contribution in [2.45, 2.75) is 32.6 Å². The summed E-state index contributed by atoms with van der Waals surface area (Å²) in [5.41, 5.74) is 1.02.